The molecule has 0 saturated carbocycles. The molecule has 2 aromatic carbocycles. The lowest BCUT2D eigenvalue weighted by atomic mass is 10.1. The Kier molecular flexibility index (Phi) is 7.77. The fraction of sp³-hybridized carbons (Fsp3) is 0.292. The quantitative estimate of drug-likeness (QED) is 0.359. The number of hydrogen-bond donors (Lipinski definition) is 2. The molecule has 10 heteroatoms. The first-order chi connectivity index (χ1) is 16.5. The van der Waals surface area contributed by atoms with Crippen molar-refractivity contribution >= 4 is 35.0 Å². The van der Waals surface area contributed by atoms with Crippen LogP contribution in [-0.2, 0) is 24.3 Å². The molecule has 1 aliphatic heterocycles. The number of hydrogen-bond acceptors (Lipinski definition) is 7. The van der Waals surface area contributed by atoms with E-state index in [-0.39, 0.29) is 17.2 Å². The third-order valence-electron chi connectivity index (χ3n) is 5.49. The summed E-state index contributed by atoms with van der Waals surface area (Å²) in [5, 5.41) is 3.70. The number of nitrogens with zero attached hydrogens (tertiary/aromatic N) is 2. The van der Waals surface area contributed by atoms with Crippen LogP contribution in [0.5, 0.6) is 11.5 Å². The normalized spacial score (nSPS) is 13.3. The third-order valence-corrected chi connectivity index (χ3v) is 6.60. The van der Waals surface area contributed by atoms with Crippen LogP contribution >= 0.6 is 23.4 Å². The fourth-order valence-electron chi connectivity index (χ4n) is 3.83. The molecule has 0 aliphatic carbocycles. The zero-order valence-corrected chi connectivity index (χ0v) is 20.5. The van der Waals surface area contributed by atoms with Gasteiger partial charge in [-0.25, -0.2) is 4.98 Å². The van der Waals surface area contributed by atoms with Crippen LogP contribution < -0.4 is 20.3 Å². The number of halogens is 1. The SMILES string of the molecule is COc1ccccc1CN1CCc2nc(SCC(=O)Nc3cc(Cl)ccc3OC)[nH]c(=O)c2C1. The summed E-state index contributed by atoms with van der Waals surface area (Å²) < 4.78 is 10.7. The minimum Gasteiger partial charge on any atom is -0.496 e. The number of rotatable bonds is 8. The number of aromatic nitrogens is 2. The molecule has 0 fully saturated rings. The molecule has 2 N–H and O–H groups in total. The summed E-state index contributed by atoms with van der Waals surface area (Å²) in [6, 6.07) is 12.9. The lowest BCUT2D eigenvalue weighted by Gasteiger charge is -2.28. The molecule has 0 radical (unpaired) electrons. The van der Waals surface area contributed by atoms with Crippen LogP contribution in [0, 0.1) is 0 Å². The molecular formula is C24H25ClN4O4S. The Balaban J connectivity index is 1.39. The van der Waals surface area contributed by atoms with Gasteiger partial charge in [0, 0.05) is 36.6 Å². The summed E-state index contributed by atoms with van der Waals surface area (Å²) in [6.45, 7) is 1.98. The number of aromatic amines is 1. The van der Waals surface area contributed by atoms with Crippen molar-refractivity contribution in [3.63, 3.8) is 0 Å². The highest BCUT2D eigenvalue weighted by Gasteiger charge is 2.22. The van der Waals surface area contributed by atoms with Crippen molar-refractivity contribution in [1.29, 1.82) is 0 Å². The van der Waals surface area contributed by atoms with Gasteiger partial charge < -0.3 is 19.8 Å². The number of ether oxygens (including phenoxy) is 2. The molecule has 178 valence electrons. The van der Waals surface area contributed by atoms with Gasteiger partial charge in [-0.15, -0.1) is 0 Å². The molecule has 0 saturated heterocycles. The Labute approximate surface area is 206 Å². The minimum atomic E-state index is -0.256. The van der Waals surface area contributed by atoms with E-state index in [1.54, 1.807) is 25.3 Å². The van der Waals surface area contributed by atoms with Gasteiger partial charge in [0.15, 0.2) is 5.16 Å². The number of H-pyrrole nitrogens is 1. The van der Waals surface area contributed by atoms with Crippen LogP contribution in [0.2, 0.25) is 5.02 Å². The van der Waals surface area contributed by atoms with E-state index in [0.29, 0.717) is 46.7 Å². The van der Waals surface area contributed by atoms with E-state index in [0.717, 1.165) is 23.6 Å². The van der Waals surface area contributed by atoms with Crippen molar-refractivity contribution < 1.29 is 14.3 Å². The van der Waals surface area contributed by atoms with Crippen LogP contribution in [0.1, 0.15) is 16.8 Å². The van der Waals surface area contributed by atoms with Gasteiger partial charge >= 0.3 is 0 Å². The molecule has 0 bridgehead atoms. The highest BCUT2D eigenvalue weighted by Crippen LogP contribution is 2.28. The van der Waals surface area contributed by atoms with Crippen LogP contribution in [0.15, 0.2) is 52.4 Å². The standard InChI is InChI=1S/C24H25ClN4O4S/c1-32-20-6-4-3-5-15(20)12-29-10-9-18-17(13-29)23(31)28-24(27-18)34-14-22(30)26-19-11-16(25)7-8-21(19)33-2/h3-8,11H,9-10,12-14H2,1-2H3,(H,26,30)(H,27,28,31). The molecule has 3 aromatic rings. The molecular weight excluding hydrogens is 476 g/mol. The molecule has 1 amide bonds. The van der Waals surface area contributed by atoms with Crippen LogP contribution in [0.25, 0.3) is 0 Å². The van der Waals surface area contributed by atoms with Gasteiger partial charge in [-0.1, -0.05) is 41.6 Å². The van der Waals surface area contributed by atoms with E-state index in [1.807, 2.05) is 24.3 Å². The molecule has 1 aliphatic rings. The number of thioether (sulfide) groups is 1. The lowest BCUT2D eigenvalue weighted by Crippen LogP contribution is -2.35. The Morgan fingerprint density at radius 3 is 2.79 bits per heavy atom. The first kappa shape index (κ1) is 24.1. The lowest BCUT2D eigenvalue weighted by molar-refractivity contribution is -0.113. The monoisotopic (exact) mass is 500 g/mol. The molecule has 0 unspecified atom stereocenters. The van der Waals surface area contributed by atoms with Gasteiger partial charge in [0.2, 0.25) is 5.91 Å². The minimum absolute atomic E-state index is 0.0807. The number of carbonyl (C=O) groups is 1. The predicted molar refractivity (Wildman–Crippen MR) is 133 cm³/mol. The van der Waals surface area contributed by atoms with Crippen molar-refractivity contribution in [2.45, 2.75) is 24.7 Å². The second kappa shape index (κ2) is 10.9. The largest absolute Gasteiger partial charge is 0.496 e. The maximum Gasteiger partial charge on any atom is 0.256 e. The van der Waals surface area contributed by atoms with Crippen molar-refractivity contribution in [3.8, 4) is 11.5 Å². The summed E-state index contributed by atoms with van der Waals surface area (Å²) in [4.78, 5) is 34.8. The van der Waals surface area contributed by atoms with Gasteiger partial charge in [0.05, 0.1) is 36.9 Å². The number of amides is 1. The van der Waals surface area contributed by atoms with Crippen LogP contribution in [0.3, 0.4) is 0 Å². The van der Waals surface area contributed by atoms with Gasteiger partial charge in [-0.2, -0.15) is 0 Å². The number of carbonyl (C=O) groups excluding carboxylic acids is 1. The van der Waals surface area contributed by atoms with Crippen molar-refractivity contribution in [2.24, 2.45) is 0 Å². The Morgan fingerprint density at radius 1 is 1.21 bits per heavy atom. The first-order valence-electron chi connectivity index (χ1n) is 10.7. The van der Waals surface area contributed by atoms with E-state index >= 15 is 0 Å². The fourth-order valence-corrected chi connectivity index (χ4v) is 4.69. The smallest absolute Gasteiger partial charge is 0.256 e. The third kappa shape index (κ3) is 5.72. The molecule has 0 atom stereocenters. The average molecular weight is 501 g/mol. The number of benzene rings is 2. The van der Waals surface area contributed by atoms with Crippen molar-refractivity contribution in [3.05, 3.63) is 74.7 Å². The van der Waals surface area contributed by atoms with E-state index < -0.39 is 0 Å². The Bertz CT molecular complexity index is 1250. The van der Waals surface area contributed by atoms with Crippen LogP contribution in [-0.4, -0.2) is 47.3 Å². The molecule has 1 aromatic heterocycles. The maximum absolute atomic E-state index is 12.8. The van der Waals surface area contributed by atoms with Gasteiger partial charge in [-0.05, 0) is 24.3 Å². The number of nitrogens with one attached hydrogen (secondary N) is 2. The zero-order chi connectivity index (χ0) is 24.1. The summed E-state index contributed by atoms with van der Waals surface area (Å²) in [6.07, 6.45) is 0.661. The summed E-state index contributed by atoms with van der Waals surface area (Å²) in [5.74, 6) is 1.17. The van der Waals surface area contributed by atoms with Crippen molar-refractivity contribution in [1.82, 2.24) is 14.9 Å². The van der Waals surface area contributed by atoms with E-state index in [2.05, 4.69) is 20.2 Å². The molecule has 0 spiro atoms. The Morgan fingerprint density at radius 2 is 2.00 bits per heavy atom. The van der Waals surface area contributed by atoms with Crippen molar-refractivity contribution in [2.75, 3.05) is 31.8 Å². The van der Waals surface area contributed by atoms with E-state index in [9.17, 15) is 9.59 Å². The maximum atomic E-state index is 12.8. The number of methoxy groups -OCH3 is 2. The predicted octanol–water partition coefficient (Wildman–Crippen LogP) is 3.73. The van der Waals surface area contributed by atoms with Crippen LogP contribution in [0.4, 0.5) is 5.69 Å². The summed E-state index contributed by atoms with van der Waals surface area (Å²) >= 11 is 7.19. The summed E-state index contributed by atoms with van der Waals surface area (Å²) in [5.41, 5.74) is 2.84. The molecule has 34 heavy (non-hydrogen) atoms. The van der Waals surface area contributed by atoms with E-state index in [4.69, 9.17) is 21.1 Å². The highest BCUT2D eigenvalue weighted by molar-refractivity contribution is 7.99. The van der Waals surface area contributed by atoms with Gasteiger partial charge in [0.1, 0.15) is 11.5 Å². The molecule has 8 nitrogen and oxygen atoms in total. The average Bonchev–Trinajstić information content (AvgIpc) is 2.83. The molecule has 4 rings (SSSR count). The Hall–Kier alpha value is -3.01. The topological polar surface area (TPSA) is 96.5 Å². The summed E-state index contributed by atoms with van der Waals surface area (Å²) in [7, 11) is 3.18. The number of para-hydroxylation sites is 1. The second-order valence-electron chi connectivity index (χ2n) is 7.75. The highest BCUT2D eigenvalue weighted by atomic mass is 35.5. The number of anilines is 1. The molecule has 2 heterocycles. The first-order valence-corrected chi connectivity index (χ1v) is 12.1. The van der Waals surface area contributed by atoms with E-state index in [1.165, 1.54) is 18.9 Å². The zero-order valence-electron chi connectivity index (χ0n) is 18.9. The second-order valence-corrected chi connectivity index (χ2v) is 9.15. The van der Waals surface area contributed by atoms with Gasteiger partial charge in [-0.3, -0.25) is 14.5 Å². The number of fused-ring (bicyclic) bond motifs is 1. The van der Waals surface area contributed by atoms with Gasteiger partial charge in [0.25, 0.3) is 5.56 Å².